The number of hydrogen-bond donors (Lipinski definition) is 0. The smallest absolute Gasteiger partial charge is 0.309 e. The van der Waals surface area contributed by atoms with Crippen LogP contribution in [0.15, 0.2) is 60.0 Å². The van der Waals surface area contributed by atoms with Crippen molar-refractivity contribution < 1.29 is 13.6 Å². The second-order valence-corrected chi connectivity index (χ2v) is 6.50. The molecule has 6 nitrogen and oxygen atoms in total. The fraction of sp³-hybridized carbons (Fsp3) is 0.176. The van der Waals surface area contributed by atoms with Gasteiger partial charge in [-0.2, -0.15) is 8.78 Å². The Bertz CT molecular complexity index is 902. The van der Waals surface area contributed by atoms with Crippen molar-refractivity contribution in [2.24, 2.45) is 7.05 Å². The van der Waals surface area contributed by atoms with Crippen molar-refractivity contribution in [3.05, 3.63) is 54.9 Å². The average Bonchev–Trinajstić information content (AvgIpc) is 3.01. The predicted octanol–water partition coefficient (Wildman–Crippen LogP) is 3.23. The summed E-state index contributed by atoms with van der Waals surface area (Å²) < 4.78 is 30.4. The van der Waals surface area contributed by atoms with Crippen LogP contribution in [0.5, 0.6) is 0 Å². The molecule has 0 N–H and O–H groups in total. The minimum atomic E-state index is -3.69. The first-order valence-corrected chi connectivity index (χ1v) is 8.41. The molecule has 0 aliphatic carbocycles. The summed E-state index contributed by atoms with van der Waals surface area (Å²) in [5, 5.41) is 3.98. The van der Waals surface area contributed by atoms with E-state index in [4.69, 9.17) is 0 Å². The molecule has 134 valence electrons. The third-order valence-corrected chi connectivity index (χ3v) is 4.66. The van der Waals surface area contributed by atoms with Crippen LogP contribution >= 0.6 is 11.8 Å². The number of para-hydroxylation sites is 1. The summed E-state index contributed by atoms with van der Waals surface area (Å²) in [6, 6.07) is 11.7. The zero-order chi connectivity index (χ0) is 18.7. The minimum Gasteiger partial charge on any atom is -0.309 e. The molecule has 3 aromatic rings. The molecule has 0 aliphatic rings. The normalized spacial score (nSPS) is 11.4. The van der Waals surface area contributed by atoms with Crippen LogP contribution in [-0.4, -0.2) is 38.0 Å². The van der Waals surface area contributed by atoms with Crippen molar-refractivity contribution >= 4 is 23.4 Å². The van der Waals surface area contributed by atoms with Crippen molar-refractivity contribution in [1.82, 2.24) is 19.7 Å². The number of alkyl halides is 2. The average molecular weight is 375 g/mol. The lowest BCUT2D eigenvalue weighted by molar-refractivity contribution is -0.131. The van der Waals surface area contributed by atoms with Gasteiger partial charge >= 0.3 is 11.2 Å². The molecule has 2 heterocycles. The first-order chi connectivity index (χ1) is 12.4. The zero-order valence-corrected chi connectivity index (χ0v) is 14.8. The lowest BCUT2D eigenvalue weighted by Gasteiger charge is -2.22. The van der Waals surface area contributed by atoms with Crippen molar-refractivity contribution in [2.75, 3.05) is 11.9 Å². The fourth-order valence-corrected chi connectivity index (χ4v) is 3.04. The number of benzene rings is 1. The monoisotopic (exact) mass is 375 g/mol. The SMILES string of the molecule is CN(C(=O)C(F)(F)Sc1nnc(-c2ccncc2)n1C)c1ccccc1. The summed E-state index contributed by atoms with van der Waals surface area (Å²) >= 11 is 0.0683. The number of aromatic nitrogens is 4. The van der Waals surface area contributed by atoms with E-state index in [9.17, 15) is 13.6 Å². The number of hydrogen-bond acceptors (Lipinski definition) is 5. The first-order valence-electron chi connectivity index (χ1n) is 7.60. The summed E-state index contributed by atoms with van der Waals surface area (Å²) in [4.78, 5) is 17.1. The summed E-state index contributed by atoms with van der Waals surface area (Å²) in [5.74, 6) is -0.920. The molecule has 0 spiro atoms. The zero-order valence-electron chi connectivity index (χ0n) is 14.0. The van der Waals surface area contributed by atoms with Crippen molar-refractivity contribution in [3.8, 4) is 11.4 Å². The molecule has 26 heavy (non-hydrogen) atoms. The lowest BCUT2D eigenvalue weighted by atomic mass is 10.2. The second-order valence-electron chi connectivity index (χ2n) is 5.42. The van der Waals surface area contributed by atoms with Gasteiger partial charge in [-0.05, 0) is 36.0 Å². The van der Waals surface area contributed by atoms with Crippen LogP contribution in [0.4, 0.5) is 14.5 Å². The maximum atomic E-state index is 14.5. The van der Waals surface area contributed by atoms with E-state index in [2.05, 4.69) is 15.2 Å². The van der Waals surface area contributed by atoms with Crippen LogP contribution in [0.3, 0.4) is 0 Å². The molecule has 1 aromatic carbocycles. The molecule has 0 atom stereocenters. The van der Waals surface area contributed by atoms with Gasteiger partial charge in [0.25, 0.3) is 0 Å². The molecule has 9 heteroatoms. The van der Waals surface area contributed by atoms with Crippen LogP contribution < -0.4 is 4.90 Å². The molecular formula is C17H15F2N5OS. The van der Waals surface area contributed by atoms with Crippen LogP contribution in [0, 0.1) is 0 Å². The van der Waals surface area contributed by atoms with E-state index >= 15 is 0 Å². The Morgan fingerprint density at radius 3 is 2.42 bits per heavy atom. The van der Waals surface area contributed by atoms with Crippen LogP contribution in [0.2, 0.25) is 0 Å². The number of pyridine rings is 1. The highest BCUT2D eigenvalue weighted by atomic mass is 32.2. The van der Waals surface area contributed by atoms with Crippen molar-refractivity contribution in [2.45, 2.75) is 10.4 Å². The van der Waals surface area contributed by atoms with Crippen molar-refractivity contribution in [1.29, 1.82) is 0 Å². The first kappa shape index (κ1) is 18.0. The van der Waals surface area contributed by atoms with Crippen LogP contribution in [0.1, 0.15) is 0 Å². The molecule has 3 rings (SSSR count). The third-order valence-electron chi connectivity index (χ3n) is 3.69. The number of rotatable bonds is 5. The molecule has 0 saturated carbocycles. The predicted molar refractivity (Wildman–Crippen MR) is 94.9 cm³/mol. The molecule has 0 radical (unpaired) electrons. The highest BCUT2D eigenvalue weighted by Crippen LogP contribution is 2.37. The molecule has 1 amide bonds. The van der Waals surface area contributed by atoms with Gasteiger partial charge in [-0.25, -0.2) is 0 Å². The number of carbonyl (C=O) groups is 1. The Kier molecular flexibility index (Phi) is 4.99. The number of nitrogens with zero attached hydrogens (tertiary/aromatic N) is 5. The van der Waals surface area contributed by atoms with E-state index in [-0.39, 0.29) is 16.9 Å². The fourth-order valence-electron chi connectivity index (χ4n) is 2.28. The Labute approximate surface area is 152 Å². The summed E-state index contributed by atoms with van der Waals surface area (Å²) in [6.07, 6.45) is 3.15. The van der Waals surface area contributed by atoms with Gasteiger partial charge in [0.2, 0.25) is 0 Å². The number of thioether (sulfide) groups is 1. The maximum Gasteiger partial charge on any atom is 0.378 e. The van der Waals surface area contributed by atoms with Gasteiger partial charge < -0.3 is 9.47 Å². The Balaban J connectivity index is 1.81. The Hall–Kier alpha value is -2.81. The van der Waals surface area contributed by atoms with Crippen LogP contribution in [-0.2, 0) is 11.8 Å². The van der Waals surface area contributed by atoms with Crippen LogP contribution in [0.25, 0.3) is 11.4 Å². The Morgan fingerprint density at radius 1 is 1.12 bits per heavy atom. The topological polar surface area (TPSA) is 63.9 Å². The van der Waals surface area contributed by atoms with E-state index in [1.165, 1.54) is 11.6 Å². The van der Waals surface area contributed by atoms with Gasteiger partial charge in [0.1, 0.15) is 0 Å². The molecule has 0 aliphatic heterocycles. The summed E-state index contributed by atoms with van der Waals surface area (Å²) in [5.41, 5.74) is 1.08. The lowest BCUT2D eigenvalue weighted by Crippen LogP contribution is -2.39. The standard InChI is InChI=1S/C17H15F2N5OS/c1-23(13-6-4-3-5-7-13)15(25)17(18,19)26-16-22-21-14(24(16)2)12-8-10-20-11-9-12/h3-11H,1-2H3. The van der Waals surface area contributed by atoms with Gasteiger partial charge in [0.15, 0.2) is 11.0 Å². The van der Waals surface area contributed by atoms with Gasteiger partial charge in [-0.1, -0.05) is 18.2 Å². The highest BCUT2D eigenvalue weighted by molar-refractivity contribution is 8.00. The Morgan fingerprint density at radius 2 is 1.77 bits per heavy atom. The molecule has 0 fully saturated rings. The molecule has 0 saturated heterocycles. The maximum absolute atomic E-state index is 14.5. The minimum absolute atomic E-state index is 0.0587. The van der Waals surface area contributed by atoms with Gasteiger partial charge in [0, 0.05) is 37.7 Å². The quantitative estimate of drug-likeness (QED) is 0.641. The van der Waals surface area contributed by atoms with E-state index in [1.54, 1.807) is 61.9 Å². The number of carbonyl (C=O) groups excluding carboxylic acids is 1. The number of anilines is 1. The third kappa shape index (κ3) is 3.57. The van der Waals surface area contributed by atoms with Gasteiger partial charge in [-0.3, -0.25) is 9.78 Å². The molecule has 0 unspecified atom stereocenters. The van der Waals surface area contributed by atoms with E-state index in [0.717, 1.165) is 4.90 Å². The number of amides is 1. The van der Waals surface area contributed by atoms with Crippen molar-refractivity contribution in [3.63, 3.8) is 0 Å². The van der Waals surface area contributed by atoms with E-state index in [0.29, 0.717) is 17.1 Å². The van der Waals surface area contributed by atoms with E-state index < -0.39 is 11.2 Å². The summed E-state index contributed by atoms with van der Waals surface area (Å²) in [6.45, 7) is 0. The molecular weight excluding hydrogens is 360 g/mol. The van der Waals surface area contributed by atoms with Gasteiger partial charge in [0.05, 0.1) is 0 Å². The van der Waals surface area contributed by atoms with E-state index in [1.807, 2.05) is 0 Å². The summed E-state index contributed by atoms with van der Waals surface area (Å²) in [7, 11) is 2.88. The molecule has 2 aromatic heterocycles. The highest BCUT2D eigenvalue weighted by Gasteiger charge is 2.44. The largest absolute Gasteiger partial charge is 0.378 e. The van der Waals surface area contributed by atoms with Gasteiger partial charge in [-0.15, -0.1) is 10.2 Å². The molecule has 0 bridgehead atoms. The number of halogens is 2. The second kappa shape index (κ2) is 7.20.